The van der Waals surface area contributed by atoms with E-state index >= 15 is 0 Å². The van der Waals surface area contributed by atoms with Crippen LogP contribution in [0.25, 0.3) is 11.0 Å². The normalized spacial score (nSPS) is 10.9. The Bertz CT molecular complexity index is 733. The molecular formula is C12H9Cl2N5. The van der Waals surface area contributed by atoms with Gasteiger partial charge < -0.3 is 5.32 Å². The van der Waals surface area contributed by atoms with Gasteiger partial charge in [0.05, 0.1) is 22.3 Å². The van der Waals surface area contributed by atoms with Crippen molar-refractivity contribution in [3.8, 4) is 0 Å². The van der Waals surface area contributed by atoms with Gasteiger partial charge in [-0.2, -0.15) is 15.1 Å². The second-order valence-electron chi connectivity index (χ2n) is 4.03. The van der Waals surface area contributed by atoms with Gasteiger partial charge in [-0.15, -0.1) is 0 Å². The summed E-state index contributed by atoms with van der Waals surface area (Å²) in [6, 6.07) is 5.67. The van der Waals surface area contributed by atoms with E-state index in [1.165, 1.54) is 0 Å². The molecule has 19 heavy (non-hydrogen) atoms. The zero-order valence-electron chi connectivity index (χ0n) is 9.91. The lowest BCUT2D eigenvalue weighted by molar-refractivity contribution is 1.09. The molecule has 5 nitrogen and oxygen atoms in total. The van der Waals surface area contributed by atoms with Crippen molar-refractivity contribution in [2.45, 2.75) is 6.92 Å². The molecule has 0 fully saturated rings. The summed E-state index contributed by atoms with van der Waals surface area (Å²) in [6.07, 6.45) is 1.64. The first-order valence-corrected chi connectivity index (χ1v) is 6.29. The fourth-order valence-electron chi connectivity index (χ4n) is 1.81. The first-order chi connectivity index (χ1) is 9.15. The Morgan fingerprint density at radius 2 is 2.05 bits per heavy atom. The Morgan fingerprint density at radius 1 is 1.21 bits per heavy atom. The summed E-state index contributed by atoms with van der Waals surface area (Å²) in [5.74, 6) is 0.569. The molecule has 0 saturated carbocycles. The molecule has 0 unspecified atom stereocenters. The molecule has 0 saturated heterocycles. The predicted molar refractivity (Wildman–Crippen MR) is 76.2 cm³/mol. The van der Waals surface area contributed by atoms with E-state index in [2.05, 4.69) is 25.5 Å². The number of hydrogen-bond donors (Lipinski definition) is 2. The monoisotopic (exact) mass is 293 g/mol. The standard InChI is InChI=1S/C12H9Cl2N5/c1-6-3-2-4-8(13)9(6)16-10-7-5-15-19-11(7)18-12(14)17-10/h2-5H,1H3,(H2,15,16,17,18,19). The number of H-pyrrole nitrogens is 1. The molecule has 7 heteroatoms. The van der Waals surface area contributed by atoms with Gasteiger partial charge in [-0.25, -0.2) is 0 Å². The minimum atomic E-state index is 0.143. The highest BCUT2D eigenvalue weighted by atomic mass is 35.5. The lowest BCUT2D eigenvalue weighted by Gasteiger charge is -2.11. The van der Waals surface area contributed by atoms with Gasteiger partial charge in [-0.1, -0.05) is 23.7 Å². The fraction of sp³-hybridized carbons (Fsp3) is 0.0833. The van der Waals surface area contributed by atoms with E-state index in [1.807, 2.05) is 25.1 Å². The van der Waals surface area contributed by atoms with Crippen molar-refractivity contribution in [2.75, 3.05) is 5.32 Å². The topological polar surface area (TPSA) is 66.5 Å². The summed E-state index contributed by atoms with van der Waals surface area (Å²) in [7, 11) is 0. The molecular weight excluding hydrogens is 285 g/mol. The molecule has 0 radical (unpaired) electrons. The number of aromatic nitrogens is 4. The largest absolute Gasteiger partial charge is 0.338 e. The minimum absolute atomic E-state index is 0.143. The zero-order valence-corrected chi connectivity index (χ0v) is 11.4. The van der Waals surface area contributed by atoms with E-state index < -0.39 is 0 Å². The average Bonchev–Trinajstić information content (AvgIpc) is 2.81. The third kappa shape index (κ3) is 2.22. The summed E-state index contributed by atoms with van der Waals surface area (Å²) in [5, 5.41) is 11.4. The Kier molecular flexibility index (Phi) is 3.00. The maximum atomic E-state index is 6.18. The molecule has 0 spiro atoms. The molecule has 0 aliphatic rings. The van der Waals surface area contributed by atoms with Crippen molar-refractivity contribution in [1.29, 1.82) is 0 Å². The highest BCUT2D eigenvalue weighted by molar-refractivity contribution is 6.33. The number of aromatic amines is 1. The molecule has 1 aromatic carbocycles. The quantitative estimate of drug-likeness (QED) is 0.707. The summed E-state index contributed by atoms with van der Waals surface area (Å²) >= 11 is 12.1. The molecule has 96 valence electrons. The molecule has 0 bridgehead atoms. The zero-order chi connectivity index (χ0) is 13.4. The van der Waals surface area contributed by atoms with Crippen LogP contribution in [0.3, 0.4) is 0 Å². The van der Waals surface area contributed by atoms with Crippen LogP contribution in [-0.2, 0) is 0 Å². The number of nitrogens with zero attached hydrogens (tertiary/aromatic N) is 3. The van der Waals surface area contributed by atoms with Crippen molar-refractivity contribution >= 4 is 45.7 Å². The first-order valence-electron chi connectivity index (χ1n) is 5.54. The van der Waals surface area contributed by atoms with Gasteiger partial charge >= 0.3 is 0 Å². The molecule has 0 aliphatic heterocycles. The molecule has 3 aromatic rings. The van der Waals surface area contributed by atoms with Gasteiger partial charge in [0.15, 0.2) is 5.65 Å². The summed E-state index contributed by atoms with van der Waals surface area (Å²) in [4.78, 5) is 8.22. The van der Waals surface area contributed by atoms with E-state index in [9.17, 15) is 0 Å². The first kappa shape index (κ1) is 12.2. The van der Waals surface area contributed by atoms with E-state index in [-0.39, 0.29) is 5.28 Å². The Morgan fingerprint density at radius 3 is 2.84 bits per heavy atom. The van der Waals surface area contributed by atoms with Gasteiger partial charge in [0, 0.05) is 0 Å². The van der Waals surface area contributed by atoms with Gasteiger partial charge in [0.25, 0.3) is 0 Å². The Balaban J connectivity index is 2.13. The number of hydrogen-bond acceptors (Lipinski definition) is 4. The van der Waals surface area contributed by atoms with Crippen molar-refractivity contribution in [2.24, 2.45) is 0 Å². The van der Waals surface area contributed by atoms with Crippen LogP contribution in [0.5, 0.6) is 0 Å². The fourth-order valence-corrected chi connectivity index (χ4v) is 2.25. The Labute approximate surface area is 119 Å². The molecule has 2 N–H and O–H groups in total. The highest BCUT2D eigenvalue weighted by Crippen LogP contribution is 2.30. The number of anilines is 2. The maximum absolute atomic E-state index is 6.18. The van der Waals surface area contributed by atoms with Crippen LogP contribution in [0.1, 0.15) is 5.56 Å². The summed E-state index contributed by atoms with van der Waals surface area (Å²) in [5.41, 5.74) is 2.38. The van der Waals surface area contributed by atoms with Gasteiger partial charge in [-0.05, 0) is 30.2 Å². The second-order valence-corrected chi connectivity index (χ2v) is 4.78. The van der Waals surface area contributed by atoms with Crippen molar-refractivity contribution in [1.82, 2.24) is 20.2 Å². The average molecular weight is 294 g/mol. The predicted octanol–water partition coefficient (Wildman–Crippen LogP) is 3.71. The number of nitrogens with one attached hydrogen (secondary N) is 2. The van der Waals surface area contributed by atoms with Crippen molar-refractivity contribution < 1.29 is 0 Å². The molecule has 0 aliphatic carbocycles. The third-order valence-corrected chi connectivity index (χ3v) is 3.23. The number of benzene rings is 1. The molecule has 3 rings (SSSR count). The number of para-hydroxylation sites is 1. The molecule has 2 aromatic heterocycles. The van der Waals surface area contributed by atoms with Gasteiger partial charge in [-0.3, -0.25) is 5.10 Å². The molecule has 2 heterocycles. The van der Waals surface area contributed by atoms with Crippen LogP contribution < -0.4 is 5.32 Å². The highest BCUT2D eigenvalue weighted by Gasteiger charge is 2.11. The Hall–Kier alpha value is -1.85. The molecule has 0 atom stereocenters. The number of fused-ring (bicyclic) bond motifs is 1. The smallest absolute Gasteiger partial charge is 0.226 e. The van der Waals surface area contributed by atoms with Gasteiger partial charge in [0.2, 0.25) is 5.28 Å². The summed E-state index contributed by atoms with van der Waals surface area (Å²) < 4.78 is 0. The van der Waals surface area contributed by atoms with E-state index in [4.69, 9.17) is 23.2 Å². The SMILES string of the molecule is Cc1cccc(Cl)c1Nc1nc(Cl)nc2[nH]ncc12. The third-order valence-electron chi connectivity index (χ3n) is 2.75. The van der Waals surface area contributed by atoms with E-state index in [1.54, 1.807) is 6.20 Å². The van der Waals surface area contributed by atoms with E-state index in [0.29, 0.717) is 16.5 Å². The second kappa shape index (κ2) is 4.68. The van der Waals surface area contributed by atoms with Crippen LogP contribution in [0.4, 0.5) is 11.5 Å². The number of rotatable bonds is 2. The van der Waals surface area contributed by atoms with E-state index in [0.717, 1.165) is 16.6 Å². The van der Waals surface area contributed by atoms with Crippen LogP contribution in [0.15, 0.2) is 24.4 Å². The van der Waals surface area contributed by atoms with Crippen LogP contribution in [-0.4, -0.2) is 20.2 Å². The van der Waals surface area contributed by atoms with Crippen LogP contribution in [0, 0.1) is 6.92 Å². The van der Waals surface area contributed by atoms with Crippen molar-refractivity contribution in [3.63, 3.8) is 0 Å². The molecule has 0 amide bonds. The summed E-state index contributed by atoms with van der Waals surface area (Å²) in [6.45, 7) is 1.96. The van der Waals surface area contributed by atoms with Crippen LogP contribution in [0.2, 0.25) is 10.3 Å². The van der Waals surface area contributed by atoms with Crippen molar-refractivity contribution in [3.05, 3.63) is 40.3 Å². The maximum Gasteiger partial charge on any atom is 0.226 e. The van der Waals surface area contributed by atoms with Crippen LogP contribution >= 0.6 is 23.2 Å². The lowest BCUT2D eigenvalue weighted by Crippen LogP contribution is -1.98. The number of aryl methyl sites for hydroxylation is 1. The lowest BCUT2D eigenvalue weighted by atomic mass is 10.2. The number of halogens is 2. The minimum Gasteiger partial charge on any atom is -0.338 e. The van der Waals surface area contributed by atoms with Gasteiger partial charge in [0.1, 0.15) is 5.82 Å².